The molecular formula is C5H13N2O2+. The van der Waals surface area contributed by atoms with Gasteiger partial charge in [0.2, 0.25) is 0 Å². The molecule has 0 aromatic rings. The molecule has 0 aromatic heterocycles. The maximum atomic E-state index is 10.5. The molecule has 0 aliphatic rings. The van der Waals surface area contributed by atoms with Gasteiger partial charge in [-0.15, -0.1) is 0 Å². The number of rotatable bonds is 2. The average Bonchev–Trinajstić information content (AvgIpc) is 1.84. The number of carbonyl (C=O) groups is 1. The Labute approximate surface area is 54.0 Å². The van der Waals surface area contributed by atoms with E-state index in [0.717, 1.165) is 0 Å². The SMILES string of the molecule is CC(C)[C@@H]([NH3+])C(=O)NO. The van der Waals surface area contributed by atoms with Crippen molar-refractivity contribution in [2.75, 3.05) is 0 Å². The Morgan fingerprint density at radius 1 is 1.67 bits per heavy atom. The van der Waals surface area contributed by atoms with Crippen molar-refractivity contribution in [3.63, 3.8) is 0 Å². The Balaban J connectivity index is 3.72. The van der Waals surface area contributed by atoms with Crippen LogP contribution in [0.15, 0.2) is 0 Å². The molecule has 54 valence electrons. The highest BCUT2D eigenvalue weighted by molar-refractivity contribution is 5.79. The van der Waals surface area contributed by atoms with Gasteiger partial charge in [-0.1, -0.05) is 13.8 Å². The topological polar surface area (TPSA) is 77.0 Å². The highest BCUT2D eigenvalue weighted by atomic mass is 16.5. The van der Waals surface area contributed by atoms with Gasteiger partial charge in [0.05, 0.1) is 0 Å². The van der Waals surface area contributed by atoms with Gasteiger partial charge in [-0.2, -0.15) is 0 Å². The minimum Gasteiger partial charge on any atom is -0.347 e. The van der Waals surface area contributed by atoms with Gasteiger partial charge in [0.1, 0.15) is 0 Å². The van der Waals surface area contributed by atoms with Gasteiger partial charge in [-0.3, -0.25) is 10.0 Å². The third-order valence-electron chi connectivity index (χ3n) is 1.25. The second-order valence-corrected chi connectivity index (χ2v) is 2.33. The summed E-state index contributed by atoms with van der Waals surface area (Å²) in [5, 5.41) is 8.11. The highest BCUT2D eigenvalue weighted by Crippen LogP contribution is 1.94. The Bertz CT molecular complexity index is 103. The number of hydrogen-bond donors (Lipinski definition) is 3. The van der Waals surface area contributed by atoms with Crippen LogP contribution in [0.3, 0.4) is 0 Å². The van der Waals surface area contributed by atoms with E-state index in [0.29, 0.717) is 0 Å². The van der Waals surface area contributed by atoms with Crippen LogP contribution in [0.1, 0.15) is 13.8 Å². The van der Waals surface area contributed by atoms with Crippen LogP contribution in [0.5, 0.6) is 0 Å². The van der Waals surface area contributed by atoms with Crippen molar-refractivity contribution >= 4 is 5.91 Å². The monoisotopic (exact) mass is 133 g/mol. The molecule has 0 unspecified atom stereocenters. The van der Waals surface area contributed by atoms with E-state index < -0.39 is 5.91 Å². The Morgan fingerprint density at radius 2 is 2.11 bits per heavy atom. The van der Waals surface area contributed by atoms with Gasteiger partial charge < -0.3 is 5.73 Å². The lowest BCUT2D eigenvalue weighted by molar-refractivity contribution is -0.415. The van der Waals surface area contributed by atoms with Crippen molar-refractivity contribution in [1.82, 2.24) is 5.48 Å². The first-order valence-corrected chi connectivity index (χ1v) is 2.86. The van der Waals surface area contributed by atoms with E-state index in [2.05, 4.69) is 5.73 Å². The van der Waals surface area contributed by atoms with Crippen LogP contribution < -0.4 is 11.2 Å². The third kappa shape index (κ3) is 2.43. The molecule has 0 fully saturated rings. The summed E-state index contributed by atoms with van der Waals surface area (Å²) in [4.78, 5) is 10.5. The first-order valence-electron chi connectivity index (χ1n) is 2.86. The summed E-state index contributed by atoms with van der Waals surface area (Å²) >= 11 is 0. The fraction of sp³-hybridized carbons (Fsp3) is 0.800. The number of hydroxylamine groups is 1. The summed E-state index contributed by atoms with van der Waals surface area (Å²) in [6.07, 6.45) is 0. The number of quaternary nitrogens is 1. The molecule has 0 bridgehead atoms. The molecule has 0 spiro atoms. The Kier molecular flexibility index (Phi) is 3.19. The van der Waals surface area contributed by atoms with Crippen molar-refractivity contribution in [2.24, 2.45) is 5.92 Å². The maximum absolute atomic E-state index is 10.5. The number of hydrogen-bond acceptors (Lipinski definition) is 2. The smallest absolute Gasteiger partial charge is 0.301 e. The second kappa shape index (κ2) is 3.42. The van der Waals surface area contributed by atoms with Gasteiger partial charge in [0, 0.05) is 5.92 Å². The summed E-state index contributed by atoms with van der Waals surface area (Å²) in [6, 6.07) is -0.366. The second-order valence-electron chi connectivity index (χ2n) is 2.33. The van der Waals surface area contributed by atoms with E-state index in [-0.39, 0.29) is 12.0 Å². The standard InChI is InChI=1S/C5H12N2O2/c1-3(2)4(6)5(8)7-9/h3-4,9H,6H2,1-2H3,(H,7,8)/p+1/t4-/m1/s1. The molecule has 9 heavy (non-hydrogen) atoms. The average molecular weight is 133 g/mol. The van der Waals surface area contributed by atoms with Crippen molar-refractivity contribution < 1.29 is 15.7 Å². The predicted molar refractivity (Wildman–Crippen MR) is 31.4 cm³/mol. The van der Waals surface area contributed by atoms with Crippen LogP contribution >= 0.6 is 0 Å². The highest BCUT2D eigenvalue weighted by Gasteiger charge is 2.19. The van der Waals surface area contributed by atoms with Crippen molar-refractivity contribution in [1.29, 1.82) is 0 Å². The molecule has 0 saturated carbocycles. The zero-order chi connectivity index (χ0) is 7.44. The normalized spacial score (nSPS) is 13.4. The molecule has 4 nitrogen and oxygen atoms in total. The molecule has 4 heteroatoms. The summed E-state index contributed by atoms with van der Waals surface area (Å²) in [5.41, 5.74) is 5.08. The summed E-state index contributed by atoms with van der Waals surface area (Å²) in [7, 11) is 0. The molecule has 0 aliphatic heterocycles. The van der Waals surface area contributed by atoms with E-state index >= 15 is 0 Å². The molecule has 0 radical (unpaired) electrons. The van der Waals surface area contributed by atoms with Crippen molar-refractivity contribution in [2.45, 2.75) is 19.9 Å². The minimum atomic E-state index is -0.426. The molecule has 1 amide bonds. The lowest BCUT2D eigenvalue weighted by Crippen LogP contribution is -2.69. The number of nitrogens with one attached hydrogen (secondary N) is 1. The molecular weight excluding hydrogens is 120 g/mol. The van der Waals surface area contributed by atoms with Gasteiger partial charge in [0.15, 0.2) is 6.04 Å². The number of amides is 1. The Morgan fingerprint density at radius 3 is 2.22 bits per heavy atom. The van der Waals surface area contributed by atoms with E-state index in [1.165, 1.54) is 0 Å². The fourth-order valence-corrected chi connectivity index (χ4v) is 0.386. The largest absolute Gasteiger partial charge is 0.347 e. The zero-order valence-electron chi connectivity index (χ0n) is 5.72. The molecule has 5 N–H and O–H groups in total. The van der Waals surface area contributed by atoms with Crippen LogP contribution in [0.25, 0.3) is 0 Å². The van der Waals surface area contributed by atoms with E-state index in [9.17, 15) is 4.79 Å². The van der Waals surface area contributed by atoms with Crippen LogP contribution in [0, 0.1) is 5.92 Å². The third-order valence-corrected chi connectivity index (χ3v) is 1.25. The van der Waals surface area contributed by atoms with Crippen molar-refractivity contribution in [3.05, 3.63) is 0 Å². The van der Waals surface area contributed by atoms with Gasteiger partial charge in [-0.05, 0) is 0 Å². The zero-order valence-corrected chi connectivity index (χ0v) is 5.72. The van der Waals surface area contributed by atoms with E-state index in [1.54, 1.807) is 5.48 Å². The van der Waals surface area contributed by atoms with Crippen LogP contribution in [0.2, 0.25) is 0 Å². The quantitative estimate of drug-likeness (QED) is 0.325. The minimum absolute atomic E-state index is 0.164. The molecule has 0 heterocycles. The molecule has 0 rings (SSSR count). The Hall–Kier alpha value is -0.610. The molecule has 0 aromatic carbocycles. The van der Waals surface area contributed by atoms with Gasteiger partial charge >= 0.3 is 5.91 Å². The summed E-state index contributed by atoms with van der Waals surface area (Å²) < 4.78 is 0. The van der Waals surface area contributed by atoms with Gasteiger partial charge in [0.25, 0.3) is 0 Å². The van der Waals surface area contributed by atoms with Gasteiger partial charge in [-0.25, -0.2) is 5.48 Å². The fourth-order valence-electron chi connectivity index (χ4n) is 0.386. The lowest BCUT2D eigenvalue weighted by Gasteiger charge is -2.07. The van der Waals surface area contributed by atoms with E-state index in [4.69, 9.17) is 5.21 Å². The van der Waals surface area contributed by atoms with Crippen LogP contribution in [-0.4, -0.2) is 17.2 Å². The first kappa shape index (κ1) is 8.39. The maximum Gasteiger partial charge on any atom is 0.301 e. The predicted octanol–water partition coefficient (Wildman–Crippen LogP) is -1.24. The van der Waals surface area contributed by atoms with Crippen LogP contribution in [0.4, 0.5) is 0 Å². The first-order chi connectivity index (χ1) is 4.09. The van der Waals surface area contributed by atoms with Crippen molar-refractivity contribution in [3.8, 4) is 0 Å². The van der Waals surface area contributed by atoms with Crippen LogP contribution in [-0.2, 0) is 4.79 Å². The summed E-state index contributed by atoms with van der Waals surface area (Å²) in [6.45, 7) is 3.74. The molecule has 1 atom stereocenters. The molecule has 0 saturated heterocycles. The molecule has 0 aliphatic carbocycles. The number of carbonyl (C=O) groups excluding carboxylic acids is 1. The lowest BCUT2D eigenvalue weighted by atomic mass is 10.1. The summed E-state index contributed by atoms with van der Waals surface area (Å²) in [5.74, 6) is -0.262. The van der Waals surface area contributed by atoms with E-state index in [1.807, 2.05) is 13.8 Å².